The maximum atomic E-state index is 9.60. The fourth-order valence-corrected chi connectivity index (χ4v) is 1.70. The SMILES string of the molecule is CC1CCN(CCCC#N)C[C@H]1O. The van der Waals surface area contributed by atoms with Gasteiger partial charge in [0.25, 0.3) is 0 Å². The number of β-amino-alcohol motifs (C(OH)–C–C–N with tert-alkyl or cyclic N) is 1. The molecule has 1 aliphatic heterocycles. The van der Waals surface area contributed by atoms with Gasteiger partial charge in [-0.2, -0.15) is 5.26 Å². The van der Waals surface area contributed by atoms with E-state index in [9.17, 15) is 5.11 Å². The highest BCUT2D eigenvalue weighted by atomic mass is 16.3. The molecular weight excluding hydrogens is 164 g/mol. The maximum absolute atomic E-state index is 9.60. The second kappa shape index (κ2) is 5.21. The van der Waals surface area contributed by atoms with Crippen molar-refractivity contribution >= 4 is 0 Å². The monoisotopic (exact) mass is 182 g/mol. The third kappa shape index (κ3) is 3.33. The van der Waals surface area contributed by atoms with Crippen molar-refractivity contribution in [3.05, 3.63) is 0 Å². The van der Waals surface area contributed by atoms with Crippen molar-refractivity contribution in [1.29, 1.82) is 5.26 Å². The lowest BCUT2D eigenvalue weighted by molar-refractivity contribution is 0.0290. The van der Waals surface area contributed by atoms with E-state index >= 15 is 0 Å². The van der Waals surface area contributed by atoms with Gasteiger partial charge in [-0.1, -0.05) is 6.92 Å². The number of rotatable bonds is 3. The molecule has 0 amide bonds. The van der Waals surface area contributed by atoms with E-state index < -0.39 is 0 Å². The Labute approximate surface area is 80.0 Å². The number of nitriles is 1. The molecule has 0 aliphatic carbocycles. The molecule has 1 unspecified atom stereocenters. The lowest BCUT2D eigenvalue weighted by Crippen LogP contribution is -2.43. The van der Waals surface area contributed by atoms with Gasteiger partial charge in [-0.05, 0) is 31.8 Å². The number of hydrogen-bond acceptors (Lipinski definition) is 3. The Bertz CT molecular complexity index is 188. The Morgan fingerprint density at radius 2 is 2.38 bits per heavy atom. The number of aliphatic hydroxyl groups excluding tert-OH is 1. The standard InChI is InChI=1S/C10H18N2O/c1-9-4-7-12(8-10(9)13)6-3-2-5-11/h9-10,13H,2-4,6-8H2,1H3/t9?,10-/m1/s1. The summed E-state index contributed by atoms with van der Waals surface area (Å²) in [6, 6.07) is 2.14. The molecule has 0 aromatic rings. The van der Waals surface area contributed by atoms with Gasteiger partial charge in [0.1, 0.15) is 0 Å². The average molecular weight is 182 g/mol. The highest BCUT2D eigenvalue weighted by molar-refractivity contribution is 4.78. The van der Waals surface area contributed by atoms with Crippen LogP contribution in [0.25, 0.3) is 0 Å². The van der Waals surface area contributed by atoms with Gasteiger partial charge in [0.05, 0.1) is 12.2 Å². The normalized spacial score (nSPS) is 29.9. The quantitative estimate of drug-likeness (QED) is 0.662. The van der Waals surface area contributed by atoms with Crippen LogP contribution in [0.5, 0.6) is 0 Å². The number of nitrogens with zero attached hydrogens (tertiary/aromatic N) is 2. The van der Waals surface area contributed by atoms with E-state index in [0.29, 0.717) is 12.3 Å². The van der Waals surface area contributed by atoms with Crippen LogP contribution in [-0.2, 0) is 0 Å². The van der Waals surface area contributed by atoms with Crippen molar-refractivity contribution in [2.45, 2.75) is 32.3 Å². The predicted octanol–water partition coefficient (Wildman–Crippen LogP) is 0.993. The second-order valence-corrected chi connectivity index (χ2v) is 3.90. The third-order valence-corrected chi connectivity index (χ3v) is 2.77. The summed E-state index contributed by atoms with van der Waals surface area (Å²) in [6.07, 6.45) is 2.46. The van der Waals surface area contributed by atoms with Gasteiger partial charge >= 0.3 is 0 Å². The molecule has 13 heavy (non-hydrogen) atoms. The van der Waals surface area contributed by atoms with E-state index in [1.165, 1.54) is 0 Å². The van der Waals surface area contributed by atoms with Crippen LogP contribution in [0.15, 0.2) is 0 Å². The van der Waals surface area contributed by atoms with Gasteiger partial charge < -0.3 is 10.0 Å². The first-order chi connectivity index (χ1) is 6.24. The Hall–Kier alpha value is -0.590. The largest absolute Gasteiger partial charge is 0.392 e. The molecule has 3 nitrogen and oxygen atoms in total. The van der Waals surface area contributed by atoms with Gasteiger partial charge in [0.2, 0.25) is 0 Å². The fourth-order valence-electron chi connectivity index (χ4n) is 1.70. The van der Waals surface area contributed by atoms with Crippen molar-refractivity contribution in [2.75, 3.05) is 19.6 Å². The van der Waals surface area contributed by atoms with E-state index in [4.69, 9.17) is 5.26 Å². The molecule has 1 fully saturated rings. The molecule has 0 bridgehead atoms. The molecule has 0 aromatic carbocycles. The maximum Gasteiger partial charge on any atom is 0.0693 e. The molecule has 74 valence electrons. The summed E-state index contributed by atoms with van der Waals surface area (Å²) in [5.74, 6) is 0.437. The van der Waals surface area contributed by atoms with Gasteiger partial charge in [-0.25, -0.2) is 0 Å². The zero-order valence-electron chi connectivity index (χ0n) is 8.24. The highest BCUT2D eigenvalue weighted by Crippen LogP contribution is 2.16. The lowest BCUT2D eigenvalue weighted by atomic mass is 9.96. The number of piperidine rings is 1. The van der Waals surface area contributed by atoms with Crippen LogP contribution in [0.3, 0.4) is 0 Å². The smallest absolute Gasteiger partial charge is 0.0693 e. The van der Waals surface area contributed by atoms with Gasteiger partial charge in [0.15, 0.2) is 0 Å². The second-order valence-electron chi connectivity index (χ2n) is 3.90. The van der Waals surface area contributed by atoms with Gasteiger partial charge in [0, 0.05) is 13.0 Å². The molecular formula is C10H18N2O. The van der Waals surface area contributed by atoms with Crippen molar-refractivity contribution in [2.24, 2.45) is 5.92 Å². The van der Waals surface area contributed by atoms with E-state index in [1.807, 2.05) is 0 Å². The van der Waals surface area contributed by atoms with Crippen LogP contribution in [0, 0.1) is 17.2 Å². The molecule has 0 aromatic heterocycles. The van der Waals surface area contributed by atoms with Gasteiger partial charge in [-0.15, -0.1) is 0 Å². The molecule has 2 atom stereocenters. The van der Waals surface area contributed by atoms with Crippen LogP contribution in [0.4, 0.5) is 0 Å². The number of hydrogen-bond donors (Lipinski definition) is 1. The minimum absolute atomic E-state index is 0.171. The summed E-state index contributed by atoms with van der Waals surface area (Å²) in [7, 11) is 0. The first-order valence-electron chi connectivity index (χ1n) is 5.01. The van der Waals surface area contributed by atoms with Crippen LogP contribution < -0.4 is 0 Å². The summed E-state index contributed by atoms with van der Waals surface area (Å²) in [6.45, 7) is 4.91. The lowest BCUT2D eigenvalue weighted by Gasteiger charge is -2.34. The Kier molecular flexibility index (Phi) is 4.20. The van der Waals surface area contributed by atoms with Gasteiger partial charge in [-0.3, -0.25) is 0 Å². The molecule has 0 spiro atoms. The minimum atomic E-state index is -0.171. The predicted molar refractivity (Wildman–Crippen MR) is 51.1 cm³/mol. The van der Waals surface area contributed by atoms with Crippen LogP contribution in [0.2, 0.25) is 0 Å². The summed E-state index contributed by atoms with van der Waals surface area (Å²) in [5, 5.41) is 18.0. The molecule has 0 radical (unpaired) electrons. The number of aliphatic hydroxyl groups is 1. The van der Waals surface area contributed by atoms with Crippen molar-refractivity contribution < 1.29 is 5.11 Å². The fraction of sp³-hybridized carbons (Fsp3) is 0.900. The third-order valence-electron chi connectivity index (χ3n) is 2.77. The van der Waals surface area contributed by atoms with Crippen LogP contribution >= 0.6 is 0 Å². The Morgan fingerprint density at radius 1 is 1.62 bits per heavy atom. The summed E-state index contributed by atoms with van der Waals surface area (Å²) in [4.78, 5) is 2.25. The Balaban J connectivity index is 2.18. The first kappa shape index (κ1) is 10.5. The molecule has 0 saturated carbocycles. The Morgan fingerprint density at radius 3 is 3.00 bits per heavy atom. The average Bonchev–Trinajstić information content (AvgIpc) is 2.12. The van der Waals surface area contributed by atoms with Crippen LogP contribution in [0.1, 0.15) is 26.2 Å². The number of likely N-dealkylation sites (tertiary alicyclic amines) is 1. The zero-order chi connectivity index (χ0) is 9.68. The summed E-state index contributed by atoms with van der Waals surface area (Å²) in [5.41, 5.74) is 0. The molecule has 1 heterocycles. The van der Waals surface area contributed by atoms with Crippen LogP contribution in [-0.4, -0.2) is 35.7 Å². The summed E-state index contributed by atoms with van der Waals surface area (Å²) >= 11 is 0. The van der Waals surface area contributed by atoms with Crippen molar-refractivity contribution in [1.82, 2.24) is 4.90 Å². The minimum Gasteiger partial charge on any atom is -0.392 e. The molecule has 1 rings (SSSR count). The first-order valence-corrected chi connectivity index (χ1v) is 5.01. The van der Waals surface area contributed by atoms with E-state index in [1.54, 1.807) is 0 Å². The molecule has 1 aliphatic rings. The van der Waals surface area contributed by atoms with Crippen molar-refractivity contribution in [3.63, 3.8) is 0 Å². The van der Waals surface area contributed by atoms with E-state index in [-0.39, 0.29) is 6.10 Å². The molecule has 1 saturated heterocycles. The topological polar surface area (TPSA) is 47.3 Å². The summed E-state index contributed by atoms with van der Waals surface area (Å²) < 4.78 is 0. The molecule has 1 N–H and O–H groups in total. The van der Waals surface area contributed by atoms with Crippen molar-refractivity contribution in [3.8, 4) is 6.07 Å². The number of unbranched alkanes of at least 4 members (excludes halogenated alkanes) is 1. The van der Waals surface area contributed by atoms with E-state index in [2.05, 4.69) is 17.9 Å². The zero-order valence-corrected chi connectivity index (χ0v) is 8.24. The highest BCUT2D eigenvalue weighted by Gasteiger charge is 2.23. The van der Waals surface area contributed by atoms with E-state index in [0.717, 1.165) is 32.5 Å². The molecule has 3 heteroatoms.